The number of ether oxygens (including phenoxy) is 2. The third-order valence-corrected chi connectivity index (χ3v) is 4.85. The number of anilines is 1. The van der Waals surface area contributed by atoms with Gasteiger partial charge in [0.05, 0.1) is 36.7 Å². The third-order valence-electron chi connectivity index (χ3n) is 4.85. The van der Waals surface area contributed by atoms with Crippen LogP contribution < -0.4 is 5.32 Å². The summed E-state index contributed by atoms with van der Waals surface area (Å²) < 4.78 is 10.3. The number of carbonyl (C=O) groups is 3. The molecule has 2 heterocycles. The molecule has 2 amide bonds. The van der Waals surface area contributed by atoms with Crippen LogP contribution in [0.15, 0.2) is 55.1 Å². The molecule has 37 heavy (non-hydrogen) atoms. The van der Waals surface area contributed by atoms with Gasteiger partial charge in [-0.3, -0.25) is 9.69 Å². The van der Waals surface area contributed by atoms with Crippen molar-refractivity contribution in [2.75, 3.05) is 19.0 Å². The molecular formula is C26H26N6O5. The lowest BCUT2D eigenvalue weighted by Gasteiger charge is -2.27. The second kappa shape index (κ2) is 11.7. The molecule has 3 aromatic rings. The van der Waals surface area contributed by atoms with Crippen molar-refractivity contribution < 1.29 is 23.9 Å². The number of methoxy groups -OCH3 is 1. The number of benzene rings is 1. The van der Waals surface area contributed by atoms with Gasteiger partial charge < -0.3 is 14.8 Å². The van der Waals surface area contributed by atoms with Crippen LogP contribution in [0.25, 0.3) is 11.1 Å². The normalized spacial score (nSPS) is 10.7. The lowest BCUT2D eigenvalue weighted by atomic mass is 10.0. The highest BCUT2D eigenvalue weighted by Gasteiger charge is 2.26. The Labute approximate surface area is 214 Å². The lowest BCUT2D eigenvalue weighted by molar-refractivity contribution is -0.117. The first kappa shape index (κ1) is 26.7. The van der Waals surface area contributed by atoms with Gasteiger partial charge in [0.1, 0.15) is 18.5 Å². The number of aromatic nitrogens is 3. The maximum atomic E-state index is 13.1. The fourth-order valence-corrected chi connectivity index (χ4v) is 3.23. The summed E-state index contributed by atoms with van der Waals surface area (Å²) in [4.78, 5) is 51.6. The van der Waals surface area contributed by atoms with E-state index >= 15 is 0 Å². The van der Waals surface area contributed by atoms with Gasteiger partial charge >= 0.3 is 12.1 Å². The first-order valence-electron chi connectivity index (χ1n) is 11.2. The van der Waals surface area contributed by atoms with Crippen molar-refractivity contribution in [3.05, 3.63) is 72.1 Å². The topological polar surface area (TPSA) is 147 Å². The standard InChI is InChI=1S/C26H26N6O5/c1-26(2,3)37-25(35)32(14-20-8-9-28-16-30-20)15-22(33)31-21-11-19(13-29-23(21)24(34)36-4)18-7-5-6-17(10-18)12-27/h5-11,13,16H,14-15H2,1-4H3,(H,31,33). The highest BCUT2D eigenvalue weighted by Crippen LogP contribution is 2.25. The molecule has 0 saturated heterocycles. The highest BCUT2D eigenvalue weighted by atomic mass is 16.6. The fourth-order valence-electron chi connectivity index (χ4n) is 3.23. The molecule has 0 aliphatic heterocycles. The molecule has 0 bridgehead atoms. The van der Waals surface area contributed by atoms with Crippen molar-refractivity contribution in [2.45, 2.75) is 32.9 Å². The summed E-state index contributed by atoms with van der Waals surface area (Å²) in [6.45, 7) is 4.75. The van der Waals surface area contributed by atoms with Crippen molar-refractivity contribution in [1.82, 2.24) is 19.9 Å². The van der Waals surface area contributed by atoms with Gasteiger partial charge in [0.25, 0.3) is 0 Å². The first-order chi connectivity index (χ1) is 17.6. The van der Waals surface area contributed by atoms with Crippen LogP contribution in [-0.2, 0) is 20.8 Å². The SMILES string of the molecule is COC(=O)c1ncc(-c2cccc(C#N)c2)cc1NC(=O)CN(Cc1ccncn1)C(=O)OC(C)(C)C. The number of hydrogen-bond donors (Lipinski definition) is 1. The van der Waals surface area contributed by atoms with Crippen LogP contribution in [-0.4, -0.2) is 57.1 Å². The zero-order valence-electron chi connectivity index (χ0n) is 20.9. The van der Waals surface area contributed by atoms with Crippen LogP contribution >= 0.6 is 0 Å². The Bertz CT molecular complexity index is 1330. The number of carbonyl (C=O) groups excluding carboxylic acids is 3. The number of hydrogen-bond acceptors (Lipinski definition) is 9. The molecule has 0 atom stereocenters. The minimum Gasteiger partial charge on any atom is -0.464 e. The molecule has 0 radical (unpaired) electrons. The molecule has 0 saturated carbocycles. The predicted molar refractivity (Wildman–Crippen MR) is 133 cm³/mol. The van der Waals surface area contributed by atoms with Gasteiger partial charge in [-0.2, -0.15) is 5.26 Å². The second-order valence-electron chi connectivity index (χ2n) is 8.89. The van der Waals surface area contributed by atoms with Gasteiger partial charge in [0, 0.05) is 18.0 Å². The molecule has 0 unspecified atom stereocenters. The van der Waals surface area contributed by atoms with Crippen LogP contribution in [0.1, 0.15) is 42.5 Å². The minimum atomic E-state index is -0.786. The van der Waals surface area contributed by atoms with Gasteiger partial charge in [0.15, 0.2) is 5.69 Å². The lowest BCUT2D eigenvalue weighted by Crippen LogP contribution is -2.41. The maximum absolute atomic E-state index is 13.1. The van der Waals surface area contributed by atoms with E-state index in [1.807, 2.05) is 0 Å². The Balaban J connectivity index is 1.89. The summed E-state index contributed by atoms with van der Waals surface area (Å²) in [5.41, 5.74) is 1.36. The Morgan fingerprint density at radius 3 is 2.54 bits per heavy atom. The number of amides is 2. The highest BCUT2D eigenvalue weighted by molar-refractivity contribution is 6.01. The summed E-state index contributed by atoms with van der Waals surface area (Å²) in [5.74, 6) is -1.35. The van der Waals surface area contributed by atoms with Crippen molar-refractivity contribution in [3.63, 3.8) is 0 Å². The van der Waals surface area contributed by atoms with E-state index in [1.54, 1.807) is 57.2 Å². The quantitative estimate of drug-likeness (QED) is 0.479. The minimum absolute atomic E-state index is 0.00600. The molecule has 3 rings (SSSR count). The second-order valence-corrected chi connectivity index (χ2v) is 8.89. The zero-order valence-corrected chi connectivity index (χ0v) is 20.9. The van der Waals surface area contributed by atoms with Crippen LogP contribution in [0.3, 0.4) is 0 Å². The summed E-state index contributed by atoms with van der Waals surface area (Å²) in [6, 6.07) is 12.0. The molecule has 0 aliphatic carbocycles. The number of nitrogens with zero attached hydrogens (tertiary/aromatic N) is 5. The largest absolute Gasteiger partial charge is 0.464 e. The van der Waals surface area contributed by atoms with Crippen LogP contribution in [0, 0.1) is 11.3 Å². The molecule has 1 N–H and O–H groups in total. The first-order valence-corrected chi connectivity index (χ1v) is 11.2. The average Bonchev–Trinajstić information content (AvgIpc) is 2.87. The van der Waals surface area contributed by atoms with Crippen molar-refractivity contribution in [2.24, 2.45) is 0 Å². The number of rotatable bonds is 7. The number of pyridine rings is 1. The van der Waals surface area contributed by atoms with E-state index in [4.69, 9.17) is 9.47 Å². The summed E-state index contributed by atoms with van der Waals surface area (Å²) in [5, 5.41) is 11.9. The van der Waals surface area contributed by atoms with Crippen LogP contribution in [0.2, 0.25) is 0 Å². The molecule has 2 aromatic heterocycles. The summed E-state index contributed by atoms with van der Waals surface area (Å²) in [6.07, 6.45) is 3.59. The Morgan fingerprint density at radius 1 is 1.11 bits per heavy atom. The molecular weight excluding hydrogens is 476 g/mol. The molecule has 0 spiro atoms. The fraction of sp³-hybridized carbons (Fsp3) is 0.269. The number of nitriles is 1. The number of nitrogens with one attached hydrogen (secondary N) is 1. The van der Waals surface area contributed by atoms with Gasteiger partial charge in [-0.15, -0.1) is 0 Å². The molecule has 11 nitrogen and oxygen atoms in total. The maximum Gasteiger partial charge on any atom is 0.411 e. The van der Waals surface area contributed by atoms with Crippen LogP contribution in [0.5, 0.6) is 0 Å². The predicted octanol–water partition coefficient (Wildman–Crippen LogP) is 3.57. The molecule has 0 fully saturated rings. The average molecular weight is 503 g/mol. The van der Waals surface area contributed by atoms with Gasteiger partial charge in [0.2, 0.25) is 5.91 Å². The molecule has 1 aromatic carbocycles. The van der Waals surface area contributed by atoms with E-state index in [9.17, 15) is 19.6 Å². The third kappa shape index (κ3) is 7.57. The Kier molecular flexibility index (Phi) is 8.47. The van der Waals surface area contributed by atoms with E-state index in [0.29, 0.717) is 22.4 Å². The van der Waals surface area contributed by atoms with Crippen molar-refractivity contribution >= 4 is 23.7 Å². The molecule has 0 aliphatic rings. The Hall–Kier alpha value is -4.85. The number of esters is 1. The monoisotopic (exact) mass is 502 g/mol. The Morgan fingerprint density at radius 2 is 1.89 bits per heavy atom. The smallest absolute Gasteiger partial charge is 0.411 e. The molecule has 190 valence electrons. The zero-order chi connectivity index (χ0) is 27.0. The van der Waals surface area contributed by atoms with Gasteiger partial charge in [-0.1, -0.05) is 12.1 Å². The van der Waals surface area contributed by atoms with E-state index in [1.165, 1.54) is 30.7 Å². The van der Waals surface area contributed by atoms with Crippen LogP contribution in [0.4, 0.5) is 10.5 Å². The van der Waals surface area contributed by atoms with Gasteiger partial charge in [-0.25, -0.2) is 24.5 Å². The summed E-state index contributed by atoms with van der Waals surface area (Å²) in [7, 11) is 1.20. The van der Waals surface area contributed by atoms with Crippen molar-refractivity contribution in [3.8, 4) is 17.2 Å². The van der Waals surface area contributed by atoms with E-state index in [-0.39, 0.29) is 17.9 Å². The molecule has 11 heteroatoms. The van der Waals surface area contributed by atoms with E-state index in [2.05, 4.69) is 26.3 Å². The van der Waals surface area contributed by atoms with E-state index in [0.717, 1.165) is 0 Å². The van der Waals surface area contributed by atoms with Crippen molar-refractivity contribution in [1.29, 1.82) is 5.26 Å². The van der Waals surface area contributed by atoms with Gasteiger partial charge in [-0.05, 0) is 50.6 Å². The summed E-state index contributed by atoms with van der Waals surface area (Å²) >= 11 is 0. The van der Waals surface area contributed by atoms with E-state index < -0.39 is 30.1 Å².